The molecule has 1 aromatic rings. The Morgan fingerprint density at radius 1 is 1.11 bits per heavy atom. The summed E-state index contributed by atoms with van der Waals surface area (Å²) in [4.78, 5) is 0.255. The Balaban J connectivity index is 2.13. The van der Waals surface area contributed by atoms with Gasteiger partial charge in [0.1, 0.15) is 0 Å². The smallest absolute Gasteiger partial charge is 0.263 e. The lowest BCUT2D eigenvalue weighted by molar-refractivity contribution is 0.109. The molecule has 0 aliphatic heterocycles. The predicted molar refractivity (Wildman–Crippen MR) is 70.9 cm³/mol. The molecule has 2 atom stereocenters. The Morgan fingerprint density at radius 2 is 1.72 bits per heavy atom. The van der Waals surface area contributed by atoms with Crippen molar-refractivity contribution in [1.82, 2.24) is 0 Å². The highest BCUT2D eigenvalue weighted by molar-refractivity contribution is 7.86. The van der Waals surface area contributed by atoms with E-state index in [0.29, 0.717) is 5.92 Å². The zero-order chi connectivity index (χ0) is 13.2. The van der Waals surface area contributed by atoms with E-state index in [1.165, 1.54) is 6.42 Å². The molecule has 0 saturated heterocycles. The Labute approximate surface area is 109 Å². The Bertz CT molecular complexity index is 490. The van der Waals surface area contributed by atoms with Gasteiger partial charge in [-0.3, -0.25) is 4.18 Å². The van der Waals surface area contributed by atoms with Crippen molar-refractivity contribution in [3.05, 3.63) is 29.8 Å². The van der Waals surface area contributed by atoms with E-state index in [9.17, 15) is 8.42 Å². The molecule has 1 aliphatic rings. The van der Waals surface area contributed by atoms with Crippen molar-refractivity contribution in [2.45, 2.75) is 50.5 Å². The first kappa shape index (κ1) is 13.6. The summed E-state index contributed by atoms with van der Waals surface area (Å²) in [5.74, 6) is 0.318. The van der Waals surface area contributed by atoms with Gasteiger partial charge in [-0.1, -0.05) is 37.5 Å². The van der Waals surface area contributed by atoms with E-state index >= 15 is 0 Å². The number of rotatable bonds is 3. The van der Waals surface area contributed by atoms with Gasteiger partial charge in [0.25, 0.3) is 10.1 Å². The molecule has 18 heavy (non-hydrogen) atoms. The lowest BCUT2D eigenvalue weighted by Gasteiger charge is -2.27. The molecule has 0 amide bonds. The molecule has 4 heteroatoms. The monoisotopic (exact) mass is 268 g/mol. The fourth-order valence-corrected chi connectivity index (χ4v) is 3.54. The zero-order valence-electron chi connectivity index (χ0n) is 10.9. The van der Waals surface area contributed by atoms with Gasteiger partial charge in [-0.05, 0) is 37.8 Å². The van der Waals surface area contributed by atoms with Gasteiger partial charge in [-0.2, -0.15) is 8.42 Å². The van der Waals surface area contributed by atoms with Gasteiger partial charge >= 0.3 is 0 Å². The highest BCUT2D eigenvalue weighted by Gasteiger charge is 2.28. The summed E-state index contributed by atoms with van der Waals surface area (Å²) < 4.78 is 29.7. The molecular weight excluding hydrogens is 248 g/mol. The van der Waals surface area contributed by atoms with Crippen LogP contribution in [0.4, 0.5) is 0 Å². The fourth-order valence-electron chi connectivity index (χ4n) is 2.35. The van der Waals surface area contributed by atoms with E-state index in [1.807, 2.05) is 6.92 Å². The predicted octanol–water partition coefficient (Wildman–Crippen LogP) is 3.28. The molecule has 0 unspecified atom stereocenters. The average Bonchev–Trinajstić information content (AvgIpc) is 2.32. The quantitative estimate of drug-likeness (QED) is 0.790. The maximum atomic E-state index is 12.1. The van der Waals surface area contributed by atoms with Crippen LogP contribution in [-0.2, 0) is 14.3 Å². The van der Waals surface area contributed by atoms with Crippen LogP contribution >= 0.6 is 0 Å². The first-order valence-corrected chi connectivity index (χ1v) is 7.90. The molecule has 0 radical (unpaired) electrons. The van der Waals surface area contributed by atoms with E-state index in [-0.39, 0.29) is 11.0 Å². The average molecular weight is 268 g/mol. The van der Waals surface area contributed by atoms with E-state index in [1.54, 1.807) is 24.3 Å². The van der Waals surface area contributed by atoms with Crippen LogP contribution in [0, 0.1) is 12.8 Å². The third-order valence-electron chi connectivity index (χ3n) is 3.59. The van der Waals surface area contributed by atoms with Crippen molar-refractivity contribution in [2.24, 2.45) is 5.92 Å². The van der Waals surface area contributed by atoms with Crippen LogP contribution in [0.3, 0.4) is 0 Å². The Kier molecular flexibility index (Phi) is 4.07. The maximum Gasteiger partial charge on any atom is 0.297 e. The summed E-state index contributed by atoms with van der Waals surface area (Å²) in [6.07, 6.45) is 3.95. The molecule has 0 heterocycles. The number of hydrogen-bond acceptors (Lipinski definition) is 3. The van der Waals surface area contributed by atoms with Gasteiger partial charge in [0.05, 0.1) is 11.0 Å². The largest absolute Gasteiger partial charge is 0.297 e. The van der Waals surface area contributed by atoms with Gasteiger partial charge in [-0.25, -0.2) is 0 Å². The van der Waals surface area contributed by atoms with Gasteiger partial charge in [0.2, 0.25) is 0 Å². The summed E-state index contributed by atoms with van der Waals surface area (Å²) in [7, 11) is -3.61. The van der Waals surface area contributed by atoms with Crippen LogP contribution in [0.25, 0.3) is 0 Å². The zero-order valence-corrected chi connectivity index (χ0v) is 11.7. The van der Waals surface area contributed by atoms with Crippen LogP contribution in [-0.4, -0.2) is 14.5 Å². The second-order valence-corrected chi connectivity index (χ2v) is 6.74. The lowest BCUT2D eigenvalue weighted by atomic mass is 9.88. The van der Waals surface area contributed by atoms with Crippen molar-refractivity contribution < 1.29 is 12.6 Å². The molecule has 0 N–H and O–H groups in total. The minimum absolute atomic E-state index is 0.162. The molecule has 100 valence electrons. The lowest BCUT2D eigenvalue weighted by Crippen LogP contribution is -2.28. The molecule has 0 aromatic heterocycles. The molecule has 0 spiro atoms. The molecular formula is C14H20O3S. The van der Waals surface area contributed by atoms with Crippen LogP contribution < -0.4 is 0 Å². The number of benzene rings is 1. The third-order valence-corrected chi connectivity index (χ3v) is 4.94. The van der Waals surface area contributed by atoms with E-state index < -0.39 is 10.1 Å². The molecule has 1 saturated carbocycles. The SMILES string of the molecule is Cc1ccc(S(=O)(=O)O[C@H]2CCCC[C@@H]2C)cc1. The molecule has 0 bridgehead atoms. The van der Waals surface area contributed by atoms with E-state index in [2.05, 4.69) is 6.92 Å². The maximum absolute atomic E-state index is 12.1. The topological polar surface area (TPSA) is 43.4 Å². The van der Waals surface area contributed by atoms with Crippen molar-refractivity contribution in [2.75, 3.05) is 0 Å². The van der Waals surface area contributed by atoms with Gasteiger partial charge in [0, 0.05) is 0 Å². The second-order valence-electron chi connectivity index (χ2n) is 5.16. The normalized spacial score (nSPS) is 25.0. The second kappa shape index (κ2) is 5.41. The van der Waals surface area contributed by atoms with Crippen LogP contribution in [0.1, 0.15) is 38.2 Å². The van der Waals surface area contributed by atoms with Gasteiger partial charge in [-0.15, -0.1) is 0 Å². The van der Waals surface area contributed by atoms with Crippen LogP contribution in [0.2, 0.25) is 0 Å². The summed E-state index contributed by atoms with van der Waals surface area (Å²) in [6, 6.07) is 6.80. The Morgan fingerprint density at radius 3 is 2.33 bits per heavy atom. The van der Waals surface area contributed by atoms with Crippen LogP contribution in [0.5, 0.6) is 0 Å². The Hall–Kier alpha value is -0.870. The fraction of sp³-hybridized carbons (Fsp3) is 0.571. The molecule has 1 aromatic carbocycles. The first-order valence-electron chi connectivity index (χ1n) is 6.49. The molecule has 1 fully saturated rings. The van der Waals surface area contributed by atoms with Crippen molar-refractivity contribution >= 4 is 10.1 Å². The van der Waals surface area contributed by atoms with E-state index in [4.69, 9.17) is 4.18 Å². The van der Waals surface area contributed by atoms with Crippen molar-refractivity contribution in [3.8, 4) is 0 Å². The highest BCUT2D eigenvalue weighted by atomic mass is 32.2. The summed E-state index contributed by atoms with van der Waals surface area (Å²) in [5.41, 5.74) is 1.04. The summed E-state index contributed by atoms with van der Waals surface area (Å²) >= 11 is 0. The first-order chi connectivity index (χ1) is 8.49. The molecule has 3 nitrogen and oxygen atoms in total. The standard InChI is InChI=1S/C14H20O3S/c1-11-7-9-13(10-8-11)18(15,16)17-14-6-4-3-5-12(14)2/h7-10,12,14H,3-6H2,1-2H3/t12-,14-/m0/s1. The minimum Gasteiger partial charge on any atom is -0.263 e. The van der Waals surface area contributed by atoms with E-state index in [0.717, 1.165) is 24.8 Å². The third kappa shape index (κ3) is 3.12. The van der Waals surface area contributed by atoms with Crippen molar-refractivity contribution in [1.29, 1.82) is 0 Å². The van der Waals surface area contributed by atoms with Gasteiger partial charge in [0.15, 0.2) is 0 Å². The van der Waals surface area contributed by atoms with Crippen molar-refractivity contribution in [3.63, 3.8) is 0 Å². The molecule has 1 aliphatic carbocycles. The number of hydrogen-bond donors (Lipinski definition) is 0. The van der Waals surface area contributed by atoms with Crippen LogP contribution in [0.15, 0.2) is 29.2 Å². The highest BCUT2D eigenvalue weighted by Crippen LogP contribution is 2.29. The summed E-state index contributed by atoms with van der Waals surface area (Å²) in [5, 5.41) is 0. The summed E-state index contributed by atoms with van der Waals surface area (Å²) in [6.45, 7) is 3.99. The number of aryl methyl sites for hydroxylation is 1. The minimum atomic E-state index is -3.61. The molecule has 2 rings (SSSR count). The van der Waals surface area contributed by atoms with Gasteiger partial charge < -0.3 is 0 Å².